The van der Waals surface area contributed by atoms with Gasteiger partial charge < -0.3 is 31.4 Å². The number of carbonyl (C=O) groups excluding carboxylic acids is 3. The third-order valence-corrected chi connectivity index (χ3v) is 6.81. The summed E-state index contributed by atoms with van der Waals surface area (Å²) in [6.07, 6.45) is 7.23. The number of aromatic amines is 1. The van der Waals surface area contributed by atoms with Crippen molar-refractivity contribution >= 4 is 35.5 Å². The maximum Gasteiger partial charge on any atom is 0.326 e. The molecule has 0 aromatic carbocycles. The lowest BCUT2D eigenvalue weighted by Crippen LogP contribution is -2.58. The van der Waals surface area contributed by atoms with Gasteiger partial charge in [0.05, 0.1) is 12.4 Å². The molecule has 1 fully saturated rings. The molecular weight excluding hydrogens is 460 g/mol. The van der Waals surface area contributed by atoms with Crippen LogP contribution in [-0.2, 0) is 25.6 Å². The van der Waals surface area contributed by atoms with Gasteiger partial charge in [0, 0.05) is 24.9 Å². The Morgan fingerprint density at radius 2 is 2.09 bits per heavy atom. The van der Waals surface area contributed by atoms with Crippen LogP contribution in [0.1, 0.15) is 45.2 Å². The SMILES string of the molecule is CCC(C)C(NC(=O)C1CCCN1C(=O)C(N)Cc1cnc[nH]1)C(=O)NC(CCSC)C(=O)O. The molecule has 0 radical (unpaired) electrons. The quantitative estimate of drug-likeness (QED) is 0.256. The average Bonchev–Trinajstić information content (AvgIpc) is 3.50. The zero-order valence-electron chi connectivity index (χ0n) is 20.0. The Morgan fingerprint density at radius 3 is 2.68 bits per heavy atom. The van der Waals surface area contributed by atoms with Crippen molar-refractivity contribution in [2.75, 3.05) is 18.6 Å². The van der Waals surface area contributed by atoms with Gasteiger partial charge in [0.2, 0.25) is 17.7 Å². The summed E-state index contributed by atoms with van der Waals surface area (Å²) in [6, 6.07) is -3.50. The largest absolute Gasteiger partial charge is 0.480 e. The molecule has 1 aliphatic heterocycles. The zero-order chi connectivity index (χ0) is 25.3. The number of nitrogens with zero attached hydrogens (tertiary/aromatic N) is 2. The Balaban J connectivity index is 2.07. The number of nitrogens with two attached hydrogens (primary N) is 1. The molecule has 1 aliphatic rings. The van der Waals surface area contributed by atoms with Crippen molar-refractivity contribution in [1.82, 2.24) is 25.5 Å². The van der Waals surface area contributed by atoms with Crippen LogP contribution in [0.2, 0.25) is 0 Å². The van der Waals surface area contributed by atoms with Gasteiger partial charge >= 0.3 is 5.97 Å². The monoisotopic (exact) mass is 496 g/mol. The Hall–Kier alpha value is -2.60. The third-order valence-electron chi connectivity index (χ3n) is 6.17. The second kappa shape index (κ2) is 13.3. The predicted molar refractivity (Wildman–Crippen MR) is 129 cm³/mol. The lowest BCUT2D eigenvalue weighted by molar-refractivity contribution is -0.143. The van der Waals surface area contributed by atoms with Gasteiger partial charge in [-0.3, -0.25) is 14.4 Å². The van der Waals surface area contributed by atoms with Gasteiger partial charge in [-0.2, -0.15) is 11.8 Å². The summed E-state index contributed by atoms with van der Waals surface area (Å²) in [5.41, 5.74) is 6.83. The number of amides is 3. The fraction of sp³-hybridized carbons (Fsp3) is 0.682. The molecule has 1 saturated heterocycles. The number of carbonyl (C=O) groups is 4. The maximum atomic E-state index is 13.2. The molecule has 2 heterocycles. The summed E-state index contributed by atoms with van der Waals surface area (Å²) in [7, 11) is 0. The van der Waals surface area contributed by atoms with E-state index in [4.69, 9.17) is 5.73 Å². The summed E-state index contributed by atoms with van der Waals surface area (Å²) < 4.78 is 0. The number of likely N-dealkylation sites (tertiary alicyclic amines) is 1. The summed E-state index contributed by atoms with van der Waals surface area (Å²) in [4.78, 5) is 59.0. The molecule has 0 spiro atoms. The van der Waals surface area contributed by atoms with E-state index in [1.807, 2.05) is 20.1 Å². The summed E-state index contributed by atoms with van der Waals surface area (Å²) in [6.45, 7) is 4.11. The molecule has 1 aromatic rings. The van der Waals surface area contributed by atoms with E-state index in [1.165, 1.54) is 23.0 Å². The second-order valence-corrected chi connectivity index (χ2v) is 9.62. The molecular formula is C22H36N6O5S. The normalized spacial score (nSPS) is 19.2. The van der Waals surface area contributed by atoms with Crippen molar-refractivity contribution in [3.8, 4) is 0 Å². The number of rotatable bonds is 13. The number of nitrogens with one attached hydrogen (secondary N) is 3. The Bertz CT molecular complexity index is 836. The van der Waals surface area contributed by atoms with Gasteiger partial charge in [-0.1, -0.05) is 20.3 Å². The van der Waals surface area contributed by atoms with E-state index in [0.29, 0.717) is 31.6 Å². The van der Waals surface area contributed by atoms with E-state index < -0.39 is 42.0 Å². The highest BCUT2D eigenvalue weighted by atomic mass is 32.2. The van der Waals surface area contributed by atoms with E-state index in [1.54, 1.807) is 6.20 Å². The zero-order valence-corrected chi connectivity index (χ0v) is 20.8. The number of aromatic nitrogens is 2. The van der Waals surface area contributed by atoms with Gasteiger partial charge in [-0.25, -0.2) is 9.78 Å². The smallest absolute Gasteiger partial charge is 0.326 e. The van der Waals surface area contributed by atoms with Crippen molar-refractivity contribution in [2.45, 2.75) is 70.1 Å². The number of carboxylic acid groups (broad SMARTS) is 1. The molecule has 0 bridgehead atoms. The first-order valence-corrected chi connectivity index (χ1v) is 12.9. The van der Waals surface area contributed by atoms with Gasteiger partial charge in [0.1, 0.15) is 18.1 Å². The lowest BCUT2D eigenvalue weighted by atomic mass is 9.97. The fourth-order valence-electron chi connectivity index (χ4n) is 3.94. The van der Waals surface area contributed by atoms with E-state index in [2.05, 4.69) is 20.6 Å². The number of hydrogen-bond donors (Lipinski definition) is 5. The van der Waals surface area contributed by atoms with Crippen LogP contribution in [0.25, 0.3) is 0 Å². The van der Waals surface area contributed by atoms with Gasteiger partial charge in [-0.05, 0) is 37.2 Å². The first kappa shape index (κ1) is 27.6. The van der Waals surface area contributed by atoms with Crippen molar-refractivity contribution in [3.05, 3.63) is 18.2 Å². The van der Waals surface area contributed by atoms with E-state index in [0.717, 1.165) is 5.69 Å². The van der Waals surface area contributed by atoms with E-state index >= 15 is 0 Å². The van der Waals surface area contributed by atoms with Crippen LogP contribution < -0.4 is 16.4 Å². The number of aliphatic carboxylic acids is 1. The van der Waals surface area contributed by atoms with Crippen LogP contribution in [0.3, 0.4) is 0 Å². The molecule has 5 unspecified atom stereocenters. The van der Waals surface area contributed by atoms with Crippen LogP contribution in [-0.4, -0.2) is 86.4 Å². The molecule has 0 saturated carbocycles. The molecule has 2 rings (SSSR count). The van der Waals surface area contributed by atoms with Gasteiger partial charge in [0.25, 0.3) is 0 Å². The first-order valence-electron chi connectivity index (χ1n) is 11.5. The molecule has 1 aromatic heterocycles. The fourth-order valence-corrected chi connectivity index (χ4v) is 4.41. The molecule has 190 valence electrons. The highest BCUT2D eigenvalue weighted by Crippen LogP contribution is 2.20. The minimum atomic E-state index is -1.12. The minimum Gasteiger partial charge on any atom is -0.480 e. The molecule has 12 heteroatoms. The summed E-state index contributed by atoms with van der Waals surface area (Å²) in [5.74, 6) is -2.07. The second-order valence-electron chi connectivity index (χ2n) is 8.63. The Kier molecular flexibility index (Phi) is 10.8. The Morgan fingerprint density at radius 1 is 1.35 bits per heavy atom. The van der Waals surface area contributed by atoms with Gasteiger partial charge in [-0.15, -0.1) is 0 Å². The lowest BCUT2D eigenvalue weighted by Gasteiger charge is -2.30. The topological polar surface area (TPSA) is 171 Å². The minimum absolute atomic E-state index is 0.230. The Labute approximate surface area is 204 Å². The molecule has 11 nitrogen and oxygen atoms in total. The number of hydrogen-bond acceptors (Lipinski definition) is 7. The van der Waals surface area contributed by atoms with Crippen molar-refractivity contribution < 1.29 is 24.3 Å². The highest BCUT2D eigenvalue weighted by molar-refractivity contribution is 7.98. The molecule has 3 amide bonds. The standard InChI is InChI=1S/C22H36N6O5S/c1-4-13(2)18(20(30)26-16(22(32)33)7-9-34-3)27-19(29)17-6-5-8-28(17)21(31)15(23)10-14-11-24-12-25-14/h11-13,15-18H,4-10,23H2,1-3H3,(H,24,25)(H,26,30)(H,27,29)(H,32,33). The van der Waals surface area contributed by atoms with Crippen LogP contribution in [0.15, 0.2) is 12.5 Å². The molecule has 34 heavy (non-hydrogen) atoms. The van der Waals surface area contributed by atoms with Crippen LogP contribution >= 0.6 is 11.8 Å². The van der Waals surface area contributed by atoms with Crippen LogP contribution in [0.5, 0.6) is 0 Å². The number of carboxylic acids is 1. The van der Waals surface area contributed by atoms with Crippen LogP contribution in [0, 0.1) is 5.92 Å². The number of imidazole rings is 1. The highest BCUT2D eigenvalue weighted by Gasteiger charge is 2.38. The van der Waals surface area contributed by atoms with Crippen molar-refractivity contribution in [1.29, 1.82) is 0 Å². The molecule has 0 aliphatic carbocycles. The maximum absolute atomic E-state index is 13.2. The molecule has 6 N–H and O–H groups in total. The number of H-pyrrole nitrogens is 1. The summed E-state index contributed by atoms with van der Waals surface area (Å²) >= 11 is 1.49. The van der Waals surface area contributed by atoms with E-state index in [-0.39, 0.29) is 24.7 Å². The third kappa shape index (κ3) is 7.45. The number of thioether (sulfide) groups is 1. The van der Waals surface area contributed by atoms with Crippen molar-refractivity contribution in [3.63, 3.8) is 0 Å². The van der Waals surface area contributed by atoms with Crippen molar-refractivity contribution in [2.24, 2.45) is 11.7 Å². The predicted octanol–water partition coefficient (Wildman–Crippen LogP) is 0.124. The first-order chi connectivity index (χ1) is 16.2. The van der Waals surface area contributed by atoms with E-state index in [9.17, 15) is 24.3 Å². The average molecular weight is 497 g/mol. The summed E-state index contributed by atoms with van der Waals surface area (Å²) in [5, 5.41) is 14.8. The van der Waals surface area contributed by atoms with Crippen LogP contribution in [0.4, 0.5) is 0 Å². The molecule has 5 atom stereocenters. The van der Waals surface area contributed by atoms with Gasteiger partial charge in [0.15, 0.2) is 0 Å².